The first-order valence-corrected chi connectivity index (χ1v) is 7.14. The van der Waals surface area contributed by atoms with E-state index >= 15 is 0 Å². The van der Waals surface area contributed by atoms with Gasteiger partial charge in [0, 0.05) is 28.9 Å². The quantitative estimate of drug-likeness (QED) is 0.321. The largest absolute Gasteiger partial charge is 0.358 e. The topological polar surface area (TPSA) is 55.2 Å². The van der Waals surface area contributed by atoms with E-state index < -0.39 is 4.92 Å². The van der Waals surface area contributed by atoms with E-state index in [1.54, 1.807) is 18.2 Å². The SMILES string of the molecule is C=C/C=C(/Nc1cccc([N+](=O)[O-])c1)C(C)(C)C(C)(C)C=C. The van der Waals surface area contributed by atoms with Crippen LogP contribution in [0.1, 0.15) is 27.7 Å². The molecule has 0 amide bonds. The Hall–Kier alpha value is -2.36. The zero-order chi connectivity index (χ0) is 17.0. The van der Waals surface area contributed by atoms with Crippen LogP contribution in [0, 0.1) is 20.9 Å². The Kier molecular flexibility index (Phi) is 5.31. The van der Waals surface area contributed by atoms with E-state index in [9.17, 15) is 10.1 Å². The third-order valence-corrected chi connectivity index (χ3v) is 4.41. The number of nitrogens with one attached hydrogen (secondary N) is 1. The molecule has 0 bridgehead atoms. The van der Waals surface area contributed by atoms with Gasteiger partial charge in [0.05, 0.1) is 4.92 Å². The Morgan fingerprint density at radius 3 is 2.41 bits per heavy atom. The van der Waals surface area contributed by atoms with Crippen LogP contribution in [-0.4, -0.2) is 4.92 Å². The summed E-state index contributed by atoms with van der Waals surface area (Å²) in [4.78, 5) is 10.5. The molecule has 1 rings (SSSR count). The first kappa shape index (κ1) is 17.7. The summed E-state index contributed by atoms with van der Waals surface area (Å²) in [6.45, 7) is 16.1. The van der Waals surface area contributed by atoms with Crippen LogP contribution < -0.4 is 5.32 Å². The lowest BCUT2D eigenvalue weighted by molar-refractivity contribution is -0.384. The molecule has 0 saturated heterocycles. The van der Waals surface area contributed by atoms with Gasteiger partial charge in [0.15, 0.2) is 0 Å². The number of anilines is 1. The van der Waals surface area contributed by atoms with Crippen LogP contribution >= 0.6 is 0 Å². The van der Waals surface area contributed by atoms with Crippen LogP contribution in [0.25, 0.3) is 0 Å². The van der Waals surface area contributed by atoms with E-state index in [2.05, 4.69) is 46.2 Å². The van der Waals surface area contributed by atoms with Crippen LogP contribution in [-0.2, 0) is 0 Å². The van der Waals surface area contributed by atoms with E-state index in [4.69, 9.17) is 0 Å². The molecule has 0 aliphatic carbocycles. The van der Waals surface area contributed by atoms with E-state index in [1.807, 2.05) is 12.2 Å². The highest BCUT2D eigenvalue weighted by molar-refractivity contribution is 5.55. The van der Waals surface area contributed by atoms with Crippen molar-refractivity contribution >= 4 is 11.4 Å². The van der Waals surface area contributed by atoms with Crippen LogP contribution in [0.15, 0.2) is 61.3 Å². The maximum atomic E-state index is 10.9. The summed E-state index contributed by atoms with van der Waals surface area (Å²) in [5, 5.41) is 14.2. The van der Waals surface area contributed by atoms with Gasteiger partial charge in [-0.25, -0.2) is 0 Å². The molecule has 0 unspecified atom stereocenters. The predicted octanol–water partition coefficient (Wildman–Crippen LogP) is 5.32. The summed E-state index contributed by atoms with van der Waals surface area (Å²) in [6, 6.07) is 6.47. The summed E-state index contributed by atoms with van der Waals surface area (Å²) in [5.41, 5.74) is 1.23. The monoisotopic (exact) mass is 300 g/mol. The summed E-state index contributed by atoms with van der Waals surface area (Å²) >= 11 is 0. The van der Waals surface area contributed by atoms with Crippen molar-refractivity contribution in [1.29, 1.82) is 0 Å². The van der Waals surface area contributed by atoms with Crippen molar-refractivity contribution in [3.8, 4) is 0 Å². The third kappa shape index (κ3) is 3.64. The number of benzene rings is 1. The number of nitrogens with zero attached hydrogens (tertiary/aromatic N) is 1. The van der Waals surface area contributed by atoms with Gasteiger partial charge in [-0.2, -0.15) is 0 Å². The van der Waals surface area contributed by atoms with Gasteiger partial charge >= 0.3 is 0 Å². The number of allylic oxidation sites excluding steroid dienone is 4. The highest BCUT2D eigenvalue weighted by Gasteiger charge is 2.37. The minimum Gasteiger partial charge on any atom is -0.358 e. The fraction of sp³-hybridized carbons (Fsp3) is 0.333. The fourth-order valence-electron chi connectivity index (χ4n) is 1.98. The normalized spacial score (nSPS) is 12.6. The Morgan fingerprint density at radius 1 is 1.27 bits per heavy atom. The van der Waals surface area contributed by atoms with E-state index in [0.29, 0.717) is 5.69 Å². The fourth-order valence-corrected chi connectivity index (χ4v) is 1.98. The Bertz CT molecular complexity index is 613. The summed E-state index contributed by atoms with van der Waals surface area (Å²) < 4.78 is 0. The molecule has 1 aromatic rings. The van der Waals surface area contributed by atoms with Crippen LogP contribution in [0.3, 0.4) is 0 Å². The minimum absolute atomic E-state index is 0.0590. The van der Waals surface area contributed by atoms with Gasteiger partial charge < -0.3 is 5.32 Å². The summed E-state index contributed by atoms with van der Waals surface area (Å²) in [7, 11) is 0. The smallest absolute Gasteiger partial charge is 0.271 e. The van der Waals surface area contributed by atoms with Crippen LogP contribution in [0.4, 0.5) is 11.4 Å². The number of hydrogen-bond donors (Lipinski definition) is 1. The number of nitro groups is 1. The molecule has 0 saturated carbocycles. The molecule has 118 valence electrons. The van der Waals surface area contributed by atoms with E-state index in [1.165, 1.54) is 12.1 Å². The average molecular weight is 300 g/mol. The zero-order valence-electron chi connectivity index (χ0n) is 13.7. The number of non-ortho nitro benzene ring substituents is 1. The second-order valence-electron chi connectivity index (χ2n) is 6.30. The van der Waals surface area contributed by atoms with Gasteiger partial charge in [-0.3, -0.25) is 10.1 Å². The first-order chi connectivity index (χ1) is 10.2. The third-order valence-electron chi connectivity index (χ3n) is 4.41. The summed E-state index contributed by atoms with van der Waals surface area (Å²) in [6.07, 6.45) is 5.52. The van der Waals surface area contributed by atoms with Gasteiger partial charge in [0.2, 0.25) is 0 Å². The molecule has 1 N–H and O–H groups in total. The molecule has 0 aromatic heterocycles. The molecule has 0 aliphatic heterocycles. The van der Waals surface area contributed by atoms with Crippen molar-refractivity contribution in [3.05, 3.63) is 71.5 Å². The average Bonchev–Trinajstić information content (AvgIpc) is 2.46. The van der Waals surface area contributed by atoms with E-state index in [0.717, 1.165) is 5.70 Å². The van der Waals surface area contributed by atoms with Crippen LogP contribution in [0.2, 0.25) is 0 Å². The second kappa shape index (κ2) is 6.60. The molecule has 0 atom stereocenters. The van der Waals surface area contributed by atoms with Gasteiger partial charge in [-0.05, 0) is 17.6 Å². The predicted molar refractivity (Wildman–Crippen MR) is 92.8 cm³/mol. The molecule has 4 nitrogen and oxygen atoms in total. The number of nitro benzene ring substituents is 1. The highest BCUT2D eigenvalue weighted by atomic mass is 16.6. The van der Waals surface area contributed by atoms with Crippen LogP contribution in [0.5, 0.6) is 0 Å². The lowest BCUT2D eigenvalue weighted by atomic mass is 9.66. The molecule has 0 radical (unpaired) electrons. The van der Waals surface area contributed by atoms with E-state index in [-0.39, 0.29) is 16.5 Å². The Balaban J connectivity index is 3.22. The molecule has 0 heterocycles. The van der Waals surface area contributed by atoms with Gasteiger partial charge in [-0.15, -0.1) is 6.58 Å². The summed E-state index contributed by atoms with van der Waals surface area (Å²) in [5.74, 6) is 0. The number of hydrogen-bond acceptors (Lipinski definition) is 3. The molecular formula is C18H24N2O2. The first-order valence-electron chi connectivity index (χ1n) is 7.14. The Labute approximate surface area is 132 Å². The lowest BCUT2D eigenvalue weighted by Crippen LogP contribution is -2.35. The number of rotatable bonds is 7. The maximum Gasteiger partial charge on any atom is 0.271 e. The van der Waals surface area contributed by atoms with Crippen molar-refractivity contribution in [2.75, 3.05) is 5.32 Å². The van der Waals surface area contributed by atoms with Crippen molar-refractivity contribution in [2.45, 2.75) is 27.7 Å². The van der Waals surface area contributed by atoms with Crippen molar-refractivity contribution in [1.82, 2.24) is 0 Å². The molecule has 0 fully saturated rings. The van der Waals surface area contributed by atoms with Gasteiger partial charge in [0.1, 0.15) is 0 Å². The van der Waals surface area contributed by atoms with Crippen molar-refractivity contribution in [3.63, 3.8) is 0 Å². The lowest BCUT2D eigenvalue weighted by Gasteiger charge is -2.41. The molecule has 22 heavy (non-hydrogen) atoms. The molecule has 1 aromatic carbocycles. The Morgan fingerprint density at radius 2 is 1.91 bits per heavy atom. The van der Waals surface area contributed by atoms with Gasteiger partial charge in [0.25, 0.3) is 5.69 Å². The van der Waals surface area contributed by atoms with Crippen molar-refractivity contribution in [2.24, 2.45) is 10.8 Å². The maximum absolute atomic E-state index is 10.9. The molecule has 0 aliphatic rings. The standard InChI is InChI=1S/C18H24N2O2/c1-7-10-16(18(5,6)17(3,4)8-2)19-14-11-9-12-15(13-14)20(21)22/h7-13,19H,1-2H2,3-6H3/b16-10+. The minimum atomic E-state index is -0.402. The molecule has 0 spiro atoms. The molecular weight excluding hydrogens is 276 g/mol. The molecule has 4 heteroatoms. The zero-order valence-corrected chi connectivity index (χ0v) is 13.7. The second-order valence-corrected chi connectivity index (χ2v) is 6.30. The van der Waals surface area contributed by atoms with Gasteiger partial charge in [-0.1, -0.05) is 52.5 Å². The van der Waals surface area contributed by atoms with Crippen molar-refractivity contribution < 1.29 is 4.92 Å². The highest BCUT2D eigenvalue weighted by Crippen LogP contribution is 2.45.